The van der Waals surface area contributed by atoms with E-state index in [1.165, 1.54) is 11.3 Å². The predicted molar refractivity (Wildman–Crippen MR) is 122 cm³/mol. The number of hydrogen-bond acceptors (Lipinski definition) is 3. The van der Waals surface area contributed by atoms with Crippen molar-refractivity contribution in [2.75, 3.05) is 11.9 Å². The van der Waals surface area contributed by atoms with Crippen LogP contribution in [0, 0.1) is 0 Å². The van der Waals surface area contributed by atoms with Crippen molar-refractivity contribution in [3.05, 3.63) is 90.0 Å². The summed E-state index contributed by atoms with van der Waals surface area (Å²) in [6.07, 6.45) is 4.40. The van der Waals surface area contributed by atoms with Gasteiger partial charge in [0, 0.05) is 29.2 Å². The lowest BCUT2D eigenvalue weighted by Crippen LogP contribution is -2.58. The first-order chi connectivity index (χ1) is 14.5. The van der Waals surface area contributed by atoms with E-state index in [1.807, 2.05) is 18.2 Å². The van der Waals surface area contributed by atoms with Gasteiger partial charge in [0.2, 0.25) is 5.72 Å². The minimum absolute atomic E-state index is 0.191. The molecule has 0 saturated carbocycles. The Morgan fingerprint density at radius 2 is 1.67 bits per heavy atom. The molecule has 1 aromatic heterocycles. The molecule has 6 rings (SSSR count). The van der Waals surface area contributed by atoms with Gasteiger partial charge in [-0.05, 0) is 68.0 Å². The van der Waals surface area contributed by atoms with Gasteiger partial charge in [-0.2, -0.15) is 0 Å². The van der Waals surface area contributed by atoms with Crippen LogP contribution in [0.1, 0.15) is 25.0 Å². The van der Waals surface area contributed by atoms with Gasteiger partial charge in [-0.3, -0.25) is 0 Å². The molecule has 0 radical (unpaired) electrons. The summed E-state index contributed by atoms with van der Waals surface area (Å²) in [5, 5.41) is 1.11. The number of nitrogens with zero attached hydrogens (tertiary/aromatic N) is 1. The molecule has 1 unspecified atom stereocenters. The Bertz CT molecular complexity index is 1300. The highest BCUT2D eigenvalue weighted by molar-refractivity contribution is 5.83. The molecule has 4 aromatic rings. The summed E-state index contributed by atoms with van der Waals surface area (Å²) in [7, 11) is 2.12. The Labute approximate surface area is 176 Å². The number of ether oxygens (including phenoxy) is 1. The molecule has 3 nitrogen and oxygen atoms in total. The van der Waals surface area contributed by atoms with Crippen LogP contribution in [0.5, 0.6) is 5.75 Å². The van der Waals surface area contributed by atoms with Gasteiger partial charge in [0.25, 0.3) is 0 Å². The quantitative estimate of drug-likeness (QED) is 0.363. The van der Waals surface area contributed by atoms with Crippen molar-refractivity contribution in [3.8, 4) is 17.1 Å². The third-order valence-corrected chi connectivity index (χ3v) is 6.81. The standard InChI is InChI=1S/C27H23NO2/c1-26(2)21-9-5-6-10-22(21)28(3)27(26)15-14-20-16-19(12-13-24(20)30-27)25-17-18-8-4-7-11-23(18)29-25/h4-17H,1-3H3. The Morgan fingerprint density at radius 1 is 0.867 bits per heavy atom. The SMILES string of the molecule is CN1c2ccccc2C(C)(C)C12C=Cc1cc(-c3cc4ccccc4o3)ccc1O2. The second kappa shape index (κ2) is 5.79. The summed E-state index contributed by atoms with van der Waals surface area (Å²) in [6.45, 7) is 4.51. The van der Waals surface area contributed by atoms with E-state index in [-0.39, 0.29) is 5.41 Å². The highest BCUT2D eigenvalue weighted by atomic mass is 16.5. The molecular weight excluding hydrogens is 370 g/mol. The van der Waals surface area contributed by atoms with Crippen molar-refractivity contribution in [2.24, 2.45) is 0 Å². The largest absolute Gasteiger partial charge is 0.463 e. The maximum absolute atomic E-state index is 6.75. The molecule has 0 amide bonds. The first-order valence-corrected chi connectivity index (χ1v) is 10.3. The average Bonchev–Trinajstić information content (AvgIpc) is 3.27. The van der Waals surface area contributed by atoms with Gasteiger partial charge in [-0.15, -0.1) is 0 Å². The smallest absolute Gasteiger partial charge is 0.211 e. The lowest BCUT2D eigenvalue weighted by molar-refractivity contribution is 0.0582. The number of benzene rings is 3. The molecule has 0 bridgehead atoms. The number of anilines is 1. The van der Waals surface area contributed by atoms with Crippen LogP contribution >= 0.6 is 0 Å². The molecular formula is C27H23NO2. The van der Waals surface area contributed by atoms with Gasteiger partial charge in [-0.1, -0.05) is 36.4 Å². The molecule has 3 aromatic carbocycles. The Balaban J connectivity index is 1.42. The lowest BCUT2D eigenvalue weighted by Gasteiger charge is -2.45. The van der Waals surface area contributed by atoms with Crippen molar-refractivity contribution < 1.29 is 9.15 Å². The zero-order valence-corrected chi connectivity index (χ0v) is 17.3. The van der Waals surface area contributed by atoms with Crippen LogP contribution in [0.3, 0.4) is 0 Å². The molecule has 1 spiro atoms. The van der Waals surface area contributed by atoms with Crippen molar-refractivity contribution >= 4 is 22.7 Å². The van der Waals surface area contributed by atoms with Gasteiger partial charge in [0.05, 0.1) is 5.41 Å². The van der Waals surface area contributed by atoms with Crippen LogP contribution in [0.2, 0.25) is 0 Å². The van der Waals surface area contributed by atoms with E-state index in [4.69, 9.17) is 9.15 Å². The topological polar surface area (TPSA) is 25.6 Å². The molecule has 0 saturated heterocycles. The average molecular weight is 393 g/mol. The monoisotopic (exact) mass is 393 g/mol. The summed E-state index contributed by atoms with van der Waals surface area (Å²) in [5.74, 6) is 1.77. The van der Waals surface area contributed by atoms with Crippen molar-refractivity contribution in [1.82, 2.24) is 0 Å². The van der Waals surface area contributed by atoms with E-state index in [0.717, 1.165) is 33.6 Å². The summed E-state index contributed by atoms with van der Waals surface area (Å²) in [6, 6.07) is 25.1. The van der Waals surface area contributed by atoms with Crippen molar-refractivity contribution in [2.45, 2.75) is 25.0 Å². The Morgan fingerprint density at radius 3 is 2.50 bits per heavy atom. The third-order valence-electron chi connectivity index (χ3n) is 6.81. The molecule has 0 N–H and O–H groups in total. The fourth-order valence-electron chi connectivity index (χ4n) is 5.06. The van der Waals surface area contributed by atoms with E-state index in [2.05, 4.69) is 92.5 Å². The number of rotatable bonds is 1. The van der Waals surface area contributed by atoms with E-state index in [9.17, 15) is 0 Å². The third kappa shape index (κ3) is 2.15. The normalized spacial score (nSPS) is 21.0. The summed E-state index contributed by atoms with van der Waals surface area (Å²) in [5.41, 5.74) is 4.81. The van der Waals surface area contributed by atoms with E-state index >= 15 is 0 Å². The van der Waals surface area contributed by atoms with Gasteiger partial charge in [-0.25, -0.2) is 0 Å². The van der Waals surface area contributed by atoms with Crippen LogP contribution in [-0.4, -0.2) is 12.8 Å². The number of likely N-dealkylation sites (N-methyl/N-ethyl adjacent to an activating group) is 1. The number of para-hydroxylation sites is 2. The van der Waals surface area contributed by atoms with Gasteiger partial charge in [0.15, 0.2) is 0 Å². The Kier molecular flexibility index (Phi) is 3.36. The second-order valence-corrected chi connectivity index (χ2v) is 8.73. The van der Waals surface area contributed by atoms with Crippen molar-refractivity contribution in [1.29, 1.82) is 0 Å². The van der Waals surface area contributed by atoms with E-state index < -0.39 is 5.72 Å². The molecule has 1 atom stereocenters. The highest BCUT2D eigenvalue weighted by Crippen LogP contribution is 2.54. The molecule has 148 valence electrons. The molecule has 3 heteroatoms. The minimum atomic E-state index is -0.551. The fraction of sp³-hybridized carbons (Fsp3) is 0.185. The maximum atomic E-state index is 6.75. The summed E-state index contributed by atoms with van der Waals surface area (Å²) >= 11 is 0. The van der Waals surface area contributed by atoms with Crippen LogP contribution in [-0.2, 0) is 5.41 Å². The number of fused-ring (bicyclic) bond motifs is 3. The van der Waals surface area contributed by atoms with Crippen LogP contribution in [0.15, 0.2) is 83.3 Å². The fourth-order valence-corrected chi connectivity index (χ4v) is 5.06. The molecule has 0 aliphatic carbocycles. The van der Waals surface area contributed by atoms with Crippen LogP contribution < -0.4 is 9.64 Å². The highest BCUT2D eigenvalue weighted by Gasteiger charge is 2.57. The molecule has 0 fully saturated rings. The minimum Gasteiger partial charge on any atom is -0.463 e. The molecule has 2 aliphatic rings. The van der Waals surface area contributed by atoms with Gasteiger partial charge >= 0.3 is 0 Å². The van der Waals surface area contributed by atoms with E-state index in [1.54, 1.807) is 0 Å². The van der Waals surface area contributed by atoms with Crippen LogP contribution in [0.25, 0.3) is 28.4 Å². The van der Waals surface area contributed by atoms with Gasteiger partial charge < -0.3 is 14.1 Å². The number of hydrogen-bond donors (Lipinski definition) is 0. The first-order valence-electron chi connectivity index (χ1n) is 10.3. The van der Waals surface area contributed by atoms with Crippen molar-refractivity contribution in [3.63, 3.8) is 0 Å². The summed E-state index contributed by atoms with van der Waals surface area (Å²) < 4.78 is 12.8. The van der Waals surface area contributed by atoms with E-state index in [0.29, 0.717) is 0 Å². The predicted octanol–water partition coefficient (Wildman–Crippen LogP) is 6.63. The molecule has 3 heterocycles. The first kappa shape index (κ1) is 17.4. The zero-order valence-electron chi connectivity index (χ0n) is 17.3. The second-order valence-electron chi connectivity index (χ2n) is 8.73. The molecule has 30 heavy (non-hydrogen) atoms. The van der Waals surface area contributed by atoms with Crippen LogP contribution in [0.4, 0.5) is 5.69 Å². The summed E-state index contributed by atoms with van der Waals surface area (Å²) in [4.78, 5) is 2.26. The number of furan rings is 1. The maximum Gasteiger partial charge on any atom is 0.211 e. The zero-order chi connectivity index (χ0) is 20.5. The lowest BCUT2D eigenvalue weighted by atomic mass is 9.76. The van der Waals surface area contributed by atoms with Gasteiger partial charge in [0.1, 0.15) is 17.1 Å². The molecule has 2 aliphatic heterocycles. The Hall–Kier alpha value is -3.46.